The zero-order valence-electron chi connectivity index (χ0n) is 9.31. The lowest BCUT2D eigenvalue weighted by atomic mass is 9.97. The smallest absolute Gasteiger partial charge is 0.390 e. The van der Waals surface area contributed by atoms with Crippen molar-refractivity contribution in [2.24, 2.45) is 5.92 Å². The summed E-state index contributed by atoms with van der Waals surface area (Å²) in [7, 11) is 0. The summed E-state index contributed by atoms with van der Waals surface area (Å²) in [6, 6.07) is 1.53. The van der Waals surface area contributed by atoms with Crippen LogP contribution in [0.2, 0.25) is 0 Å². The molecule has 1 aromatic heterocycles. The first-order chi connectivity index (χ1) is 8.47. The molecular formula is C10H11F3N2O2S. The van der Waals surface area contributed by atoms with Crippen LogP contribution in [0.15, 0.2) is 11.4 Å². The van der Waals surface area contributed by atoms with Crippen molar-refractivity contribution in [2.75, 3.05) is 13.1 Å². The van der Waals surface area contributed by atoms with Crippen molar-refractivity contribution in [1.29, 1.82) is 0 Å². The number of rotatable bonds is 1. The molecule has 1 saturated heterocycles. The van der Waals surface area contributed by atoms with Crippen molar-refractivity contribution in [1.82, 2.24) is 9.27 Å². The van der Waals surface area contributed by atoms with E-state index in [2.05, 4.69) is 4.37 Å². The number of piperidine rings is 1. The fraction of sp³-hybridized carbons (Fsp3) is 0.600. The molecule has 1 aliphatic rings. The number of ether oxygens (including phenoxy) is 1. The number of alkyl halides is 3. The summed E-state index contributed by atoms with van der Waals surface area (Å²) in [6.07, 6.45) is -4.96. The summed E-state index contributed by atoms with van der Waals surface area (Å²) < 4.78 is 46.0. The van der Waals surface area contributed by atoms with Crippen LogP contribution in [0.3, 0.4) is 0 Å². The van der Waals surface area contributed by atoms with Crippen LogP contribution in [-0.2, 0) is 0 Å². The van der Waals surface area contributed by atoms with Gasteiger partial charge in [0.2, 0.25) is 5.88 Å². The number of hydrogen-bond acceptors (Lipinski definition) is 4. The summed E-state index contributed by atoms with van der Waals surface area (Å²) in [5, 5.41) is 1.65. The second kappa shape index (κ2) is 5.13. The molecule has 0 spiro atoms. The minimum absolute atomic E-state index is 0.0626. The number of carbonyl (C=O) groups is 1. The van der Waals surface area contributed by atoms with Gasteiger partial charge in [0.05, 0.1) is 5.92 Å². The quantitative estimate of drug-likeness (QED) is 0.794. The lowest BCUT2D eigenvalue weighted by Crippen LogP contribution is -2.43. The molecule has 0 N–H and O–H groups in total. The fourth-order valence-electron chi connectivity index (χ4n) is 1.80. The molecule has 4 nitrogen and oxygen atoms in total. The first-order valence-electron chi connectivity index (χ1n) is 5.40. The first kappa shape index (κ1) is 13.1. The third-order valence-corrected chi connectivity index (χ3v) is 3.37. The number of aromatic nitrogens is 1. The lowest BCUT2D eigenvalue weighted by Gasteiger charge is -2.31. The van der Waals surface area contributed by atoms with Gasteiger partial charge >= 0.3 is 12.3 Å². The molecule has 0 saturated carbocycles. The minimum atomic E-state index is -4.18. The first-order valence-corrected chi connectivity index (χ1v) is 6.24. The van der Waals surface area contributed by atoms with Gasteiger partial charge in [-0.25, -0.2) is 4.79 Å². The number of amides is 1. The van der Waals surface area contributed by atoms with Gasteiger partial charge in [-0.3, -0.25) is 0 Å². The summed E-state index contributed by atoms with van der Waals surface area (Å²) >= 11 is 1.14. The molecule has 1 fully saturated rings. The van der Waals surface area contributed by atoms with E-state index in [4.69, 9.17) is 4.74 Å². The van der Waals surface area contributed by atoms with Crippen LogP contribution >= 0.6 is 11.5 Å². The van der Waals surface area contributed by atoms with Crippen molar-refractivity contribution >= 4 is 17.6 Å². The van der Waals surface area contributed by atoms with E-state index in [1.165, 1.54) is 11.0 Å². The molecule has 0 atom stereocenters. The highest BCUT2D eigenvalue weighted by molar-refractivity contribution is 7.03. The van der Waals surface area contributed by atoms with Gasteiger partial charge in [0.1, 0.15) is 0 Å². The maximum absolute atomic E-state index is 12.4. The van der Waals surface area contributed by atoms with Crippen LogP contribution in [-0.4, -0.2) is 34.6 Å². The Bertz CT molecular complexity index is 400. The average Bonchev–Trinajstić information content (AvgIpc) is 2.81. The number of likely N-dealkylation sites (tertiary alicyclic amines) is 1. The Balaban J connectivity index is 1.84. The van der Waals surface area contributed by atoms with Gasteiger partial charge in [0.15, 0.2) is 0 Å². The van der Waals surface area contributed by atoms with Gasteiger partial charge in [0, 0.05) is 24.5 Å². The van der Waals surface area contributed by atoms with Crippen LogP contribution < -0.4 is 4.74 Å². The van der Waals surface area contributed by atoms with Gasteiger partial charge in [-0.1, -0.05) is 0 Å². The summed E-state index contributed by atoms with van der Waals surface area (Å²) in [5.41, 5.74) is 0. The van der Waals surface area contributed by atoms with E-state index in [1.54, 1.807) is 5.38 Å². The second-order valence-corrected chi connectivity index (χ2v) is 4.67. The van der Waals surface area contributed by atoms with Crippen molar-refractivity contribution < 1.29 is 22.7 Å². The normalized spacial score (nSPS) is 17.8. The highest BCUT2D eigenvalue weighted by Crippen LogP contribution is 2.34. The highest BCUT2D eigenvalue weighted by Gasteiger charge is 2.42. The van der Waals surface area contributed by atoms with Gasteiger partial charge in [-0.2, -0.15) is 17.5 Å². The van der Waals surface area contributed by atoms with E-state index in [0.717, 1.165) is 11.5 Å². The van der Waals surface area contributed by atoms with Crippen molar-refractivity contribution in [3.63, 3.8) is 0 Å². The molecule has 0 aromatic carbocycles. The molecule has 0 aliphatic carbocycles. The number of carbonyl (C=O) groups excluding carboxylic acids is 1. The van der Waals surface area contributed by atoms with Gasteiger partial charge < -0.3 is 9.64 Å². The number of halogens is 3. The second-order valence-electron chi connectivity index (χ2n) is 4.01. The van der Waals surface area contributed by atoms with E-state index in [1.807, 2.05) is 0 Å². The molecule has 0 bridgehead atoms. The highest BCUT2D eigenvalue weighted by atomic mass is 32.1. The predicted molar refractivity (Wildman–Crippen MR) is 58.5 cm³/mol. The van der Waals surface area contributed by atoms with Crippen LogP contribution in [0.4, 0.5) is 18.0 Å². The Labute approximate surface area is 106 Å². The number of hydrogen-bond donors (Lipinski definition) is 0. The third kappa shape index (κ3) is 3.12. The molecule has 0 radical (unpaired) electrons. The topological polar surface area (TPSA) is 42.4 Å². The van der Waals surface area contributed by atoms with Crippen LogP contribution in [0.5, 0.6) is 5.88 Å². The molecule has 1 aromatic rings. The van der Waals surface area contributed by atoms with Crippen molar-refractivity contribution in [3.05, 3.63) is 11.4 Å². The van der Waals surface area contributed by atoms with Gasteiger partial charge in [0.25, 0.3) is 0 Å². The summed E-state index contributed by atoms with van der Waals surface area (Å²) in [4.78, 5) is 12.9. The average molecular weight is 280 g/mol. The molecule has 2 heterocycles. The largest absolute Gasteiger partial charge is 0.416 e. The summed E-state index contributed by atoms with van der Waals surface area (Å²) in [5.74, 6) is -1.14. The minimum Gasteiger partial charge on any atom is -0.390 e. The zero-order chi connectivity index (χ0) is 13.2. The lowest BCUT2D eigenvalue weighted by molar-refractivity contribution is -0.183. The Kier molecular flexibility index (Phi) is 3.74. The Hall–Kier alpha value is -1.31. The standard InChI is InChI=1S/C10H11F3N2O2S/c11-10(12,13)7-1-4-15(5-2-7)9(16)17-8-3-6-18-14-8/h3,6-7H,1-2,4-5H2. The predicted octanol–water partition coefficient (Wildman–Crippen LogP) is 2.92. The molecule has 100 valence electrons. The Morgan fingerprint density at radius 2 is 2.11 bits per heavy atom. The molecular weight excluding hydrogens is 269 g/mol. The Morgan fingerprint density at radius 3 is 2.61 bits per heavy atom. The van der Waals surface area contributed by atoms with E-state index in [0.29, 0.717) is 0 Å². The number of nitrogens with zero attached hydrogens (tertiary/aromatic N) is 2. The van der Waals surface area contributed by atoms with E-state index in [-0.39, 0.29) is 31.8 Å². The molecule has 1 aliphatic heterocycles. The SMILES string of the molecule is O=C(Oc1ccsn1)N1CCC(C(F)(F)F)CC1. The molecule has 8 heteroatoms. The third-order valence-electron chi connectivity index (χ3n) is 2.82. The van der Waals surface area contributed by atoms with E-state index < -0.39 is 18.2 Å². The van der Waals surface area contributed by atoms with Crippen molar-refractivity contribution in [2.45, 2.75) is 19.0 Å². The molecule has 1 amide bonds. The van der Waals surface area contributed by atoms with Gasteiger partial charge in [-0.15, -0.1) is 0 Å². The molecule has 18 heavy (non-hydrogen) atoms. The molecule has 2 rings (SSSR count). The van der Waals surface area contributed by atoms with Crippen molar-refractivity contribution in [3.8, 4) is 5.88 Å². The maximum Gasteiger partial charge on any atom is 0.416 e. The van der Waals surface area contributed by atoms with Gasteiger partial charge in [-0.05, 0) is 24.4 Å². The maximum atomic E-state index is 12.4. The van der Waals surface area contributed by atoms with Crippen LogP contribution in [0, 0.1) is 5.92 Å². The van der Waals surface area contributed by atoms with Crippen LogP contribution in [0.25, 0.3) is 0 Å². The fourth-order valence-corrected chi connectivity index (χ4v) is 2.24. The zero-order valence-corrected chi connectivity index (χ0v) is 10.1. The van der Waals surface area contributed by atoms with Crippen LogP contribution in [0.1, 0.15) is 12.8 Å². The molecule has 0 unspecified atom stereocenters. The summed E-state index contributed by atoms with van der Waals surface area (Å²) in [6.45, 7) is 0.125. The Morgan fingerprint density at radius 1 is 1.44 bits per heavy atom. The van der Waals surface area contributed by atoms with E-state index in [9.17, 15) is 18.0 Å². The van der Waals surface area contributed by atoms with E-state index >= 15 is 0 Å². The monoisotopic (exact) mass is 280 g/mol.